The monoisotopic (exact) mass is 522 g/mol. The summed E-state index contributed by atoms with van der Waals surface area (Å²) in [6.07, 6.45) is -5.37. The number of aliphatic hydroxyl groups excluding tert-OH is 1. The molecule has 1 fully saturated rings. The van der Waals surface area contributed by atoms with E-state index in [4.69, 9.17) is 6.85 Å². The molecule has 2 aromatic carbocycles. The van der Waals surface area contributed by atoms with Crippen molar-refractivity contribution >= 4 is 16.7 Å². The van der Waals surface area contributed by atoms with Crippen LogP contribution in [0, 0.1) is 5.82 Å². The van der Waals surface area contributed by atoms with E-state index in [0.29, 0.717) is 23.0 Å². The molecular formula is C28H30F3NO5. The summed E-state index contributed by atoms with van der Waals surface area (Å²) in [4.78, 5) is 13.6. The summed E-state index contributed by atoms with van der Waals surface area (Å²) in [5.41, 5.74) is -1.18. The van der Waals surface area contributed by atoms with Crippen molar-refractivity contribution in [2.24, 2.45) is 0 Å². The van der Waals surface area contributed by atoms with Crippen LogP contribution in [-0.2, 0) is 28.6 Å². The van der Waals surface area contributed by atoms with Gasteiger partial charge in [0.2, 0.25) is 0 Å². The summed E-state index contributed by atoms with van der Waals surface area (Å²) in [7, 11) is 0. The van der Waals surface area contributed by atoms with Gasteiger partial charge in [0.05, 0.1) is 37.0 Å². The van der Waals surface area contributed by atoms with Crippen LogP contribution in [0.15, 0.2) is 36.3 Å². The third-order valence-electron chi connectivity index (χ3n) is 7.45. The Morgan fingerprint density at radius 1 is 1.24 bits per heavy atom. The molecule has 1 aliphatic heterocycles. The average molecular weight is 523 g/mol. The van der Waals surface area contributed by atoms with E-state index >= 15 is 4.39 Å². The molecule has 3 aromatic rings. The van der Waals surface area contributed by atoms with Gasteiger partial charge >= 0.3 is 6.29 Å². The van der Waals surface area contributed by atoms with E-state index < -0.39 is 77.4 Å². The van der Waals surface area contributed by atoms with Crippen molar-refractivity contribution < 1.29 is 44.5 Å². The summed E-state index contributed by atoms with van der Waals surface area (Å²) in [6, 6.07) is 2.41. The molecule has 1 saturated carbocycles. The molecule has 0 radical (unpaired) electrons. The summed E-state index contributed by atoms with van der Waals surface area (Å²) in [5.74, 6) is -2.78. The van der Waals surface area contributed by atoms with Crippen LogP contribution in [0.25, 0.3) is 10.9 Å². The van der Waals surface area contributed by atoms with E-state index in [2.05, 4.69) is 9.47 Å². The number of rotatable bonds is 9. The minimum Gasteiger partial charge on any atom is -0.395 e. The maximum absolute atomic E-state index is 15.5. The molecule has 2 aliphatic rings. The van der Waals surface area contributed by atoms with Crippen molar-refractivity contribution in [3.8, 4) is 11.5 Å². The van der Waals surface area contributed by atoms with Crippen molar-refractivity contribution in [1.29, 1.82) is 0 Å². The number of hydrogen-bond donors (Lipinski definition) is 2. The molecule has 198 valence electrons. The van der Waals surface area contributed by atoms with Gasteiger partial charge < -0.3 is 24.3 Å². The number of aromatic nitrogens is 1. The molecule has 0 spiro atoms. The minimum atomic E-state index is -4.12. The second kappa shape index (κ2) is 8.77. The lowest BCUT2D eigenvalue weighted by molar-refractivity contribution is -0.286. The zero-order valence-electron chi connectivity index (χ0n) is 25.5. The highest BCUT2D eigenvalue weighted by atomic mass is 19.3. The van der Waals surface area contributed by atoms with Crippen LogP contribution in [0.5, 0.6) is 11.5 Å². The molecule has 37 heavy (non-hydrogen) atoms. The second-order valence-electron chi connectivity index (χ2n) is 10.3. The highest BCUT2D eigenvalue weighted by molar-refractivity contribution is 5.95. The third kappa shape index (κ3) is 4.48. The van der Waals surface area contributed by atoms with Crippen LogP contribution in [0.1, 0.15) is 63.7 Å². The number of ether oxygens (including phenoxy) is 2. The molecule has 2 heterocycles. The Morgan fingerprint density at radius 2 is 1.95 bits per heavy atom. The first-order chi connectivity index (χ1) is 19.3. The van der Waals surface area contributed by atoms with Gasteiger partial charge in [-0.1, -0.05) is 26.8 Å². The largest absolute Gasteiger partial charge is 0.586 e. The van der Waals surface area contributed by atoms with Gasteiger partial charge in [-0.15, -0.1) is 8.78 Å². The lowest BCUT2D eigenvalue weighted by Crippen LogP contribution is -2.26. The topological polar surface area (TPSA) is 80.9 Å². The fraction of sp³-hybridized carbons (Fsp3) is 0.464. The normalized spacial score (nSPS) is 20.6. The smallest absolute Gasteiger partial charge is 0.395 e. The van der Waals surface area contributed by atoms with Crippen LogP contribution < -0.4 is 9.47 Å². The van der Waals surface area contributed by atoms with Gasteiger partial charge in [0.25, 0.3) is 0 Å². The molecule has 5 rings (SSSR count). The Morgan fingerprint density at radius 3 is 2.59 bits per heavy atom. The van der Waals surface area contributed by atoms with Gasteiger partial charge in [0.15, 0.2) is 11.5 Å². The highest BCUT2D eigenvalue weighted by Crippen LogP contribution is 2.52. The molecule has 9 heteroatoms. The molecule has 1 aliphatic carbocycles. The number of carbonyl (C=O) groups is 1. The van der Waals surface area contributed by atoms with Crippen LogP contribution in [0.2, 0.25) is 0 Å². The maximum Gasteiger partial charge on any atom is 0.586 e. The van der Waals surface area contributed by atoms with E-state index in [9.17, 15) is 23.8 Å². The molecule has 1 aromatic heterocycles. The van der Waals surface area contributed by atoms with Gasteiger partial charge in [-0.05, 0) is 60.7 Å². The number of carbonyl (C=O) groups excluding carboxylic acids is 1. The van der Waals surface area contributed by atoms with E-state index in [1.807, 2.05) is 20.8 Å². The SMILES string of the molecule is [2H]c1c([2H])c(C2(C(=O)Cc3cc4cc(C(C)(C)CC)n(C[C@@H](O)C([2H])([2H])O)c4cc3F)CC2)c([2H])c2c1OC(F)(F)O2. The number of benzene rings is 2. The van der Waals surface area contributed by atoms with Crippen molar-refractivity contribution in [3.05, 3.63) is 59.0 Å². The molecule has 0 saturated heterocycles. The first kappa shape index (κ1) is 20.0. The zero-order chi connectivity index (χ0) is 31.2. The number of alkyl halides is 2. The van der Waals surface area contributed by atoms with Crippen LogP contribution in [0.4, 0.5) is 13.2 Å². The van der Waals surface area contributed by atoms with Crippen molar-refractivity contribution in [3.63, 3.8) is 0 Å². The number of hydrogen-bond acceptors (Lipinski definition) is 5. The number of aliphatic hydroxyl groups is 2. The predicted octanol–water partition coefficient (Wildman–Crippen LogP) is 4.99. The summed E-state index contributed by atoms with van der Waals surface area (Å²) >= 11 is 0. The maximum atomic E-state index is 15.5. The molecule has 0 unspecified atom stereocenters. The van der Waals surface area contributed by atoms with Gasteiger partial charge in [-0.3, -0.25) is 4.79 Å². The van der Waals surface area contributed by atoms with E-state index in [1.165, 1.54) is 12.1 Å². The van der Waals surface area contributed by atoms with E-state index in [0.717, 1.165) is 0 Å². The molecule has 0 amide bonds. The van der Waals surface area contributed by atoms with Gasteiger partial charge in [-0.2, -0.15) is 0 Å². The quantitative estimate of drug-likeness (QED) is 0.414. The third-order valence-corrected chi connectivity index (χ3v) is 7.45. The Labute approximate surface area is 219 Å². The average Bonchev–Trinajstić information content (AvgIpc) is 3.51. The fourth-order valence-electron chi connectivity index (χ4n) is 4.77. The lowest BCUT2D eigenvalue weighted by Gasteiger charge is -2.26. The summed E-state index contributed by atoms with van der Waals surface area (Å²) in [6.45, 7) is 2.53. The standard InChI is InChI=1S/C28H30F3NO5/c1-4-26(2,3)24-10-17-9-16(20(29)13-21(17)32(24)14-19(34)15-33)11-25(35)27(7-8-27)18-5-6-22-23(12-18)37-28(30,31)36-22/h5-6,9-10,12-13,19,33-34H,4,7-8,11,14-15H2,1-3H3/t19-/m1/s1/i5D,6D,12D,15D2. The summed E-state index contributed by atoms with van der Waals surface area (Å²) < 4.78 is 93.1. The Hall–Kier alpha value is -3.04. The van der Waals surface area contributed by atoms with Gasteiger partial charge in [0.1, 0.15) is 11.6 Å². The molecule has 1 atom stereocenters. The van der Waals surface area contributed by atoms with Crippen molar-refractivity contribution in [2.75, 3.05) is 6.56 Å². The minimum absolute atomic E-state index is 0.00579. The van der Waals surface area contributed by atoms with Crippen LogP contribution >= 0.6 is 0 Å². The van der Waals surface area contributed by atoms with E-state index in [1.54, 1.807) is 10.6 Å². The molecule has 2 N–H and O–H groups in total. The molecule has 6 nitrogen and oxygen atoms in total. The van der Waals surface area contributed by atoms with E-state index in [-0.39, 0.29) is 30.5 Å². The fourth-order valence-corrected chi connectivity index (χ4v) is 4.77. The number of Topliss-reactive ketones (excluding diaryl/α,β-unsaturated/α-hetero) is 1. The van der Waals surface area contributed by atoms with Crippen LogP contribution in [-0.4, -0.2) is 39.5 Å². The first-order valence-electron chi connectivity index (χ1n) is 14.5. The van der Waals surface area contributed by atoms with Crippen molar-refractivity contribution in [1.82, 2.24) is 4.57 Å². The number of fused-ring (bicyclic) bond motifs is 2. The van der Waals surface area contributed by atoms with Gasteiger partial charge in [0, 0.05) is 22.9 Å². The Balaban J connectivity index is 1.53. The first-order valence-corrected chi connectivity index (χ1v) is 12.0. The second-order valence-corrected chi connectivity index (χ2v) is 10.3. The zero-order valence-corrected chi connectivity index (χ0v) is 20.5. The molecule has 0 bridgehead atoms. The van der Waals surface area contributed by atoms with Crippen LogP contribution in [0.3, 0.4) is 0 Å². The number of nitrogens with zero attached hydrogens (tertiary/aromatic N) is 1. The van der Waals surface area contributed by atoms with Crippen molar-refractivity contribution in [2.45, 2.75) is 76.2 Å². The lowest BCUT2D eigenvalue weighted by atomic mass is 9.86. The Kier molecular flexibility index (Phi) is 4.74. The summed E-state index contributed by atoms with van der Waals surface area (Å²) in [5, 5.41) is 20.5. The van der Waals surface area contributed by atoms with Gasteiger partial charge in [-0.25, -0.2) is 4.39 Å². The predicted molar refractivity (Wildman–Crippen MR) is 131 cm³/mol. The highest BCUT2D eigenvalue weighted by Gasteiger charge is 2.52. The molecular weight excluding hydrogens is 487 g/mol. The number of halogens is 3. The number of ketones is 1. The Bertz CT molecular complexity index is 1610.